The Morgan fingerprint density at radius 2 is 2.22 bits per heavy atom. The number of thiophene rings is 1. The highest BCUT2D eigenvalue weighted by molar-refractivity contribution is 8.00. The molecule has 3 heterocycles. The fraction of sp³-hybridized carbons (Fsp3) is 0.348. The van der Waals surface area contributed by atoms with E-state index in [2.05, 4.69) is 11.9 Å². The number of ether oxygens (including phenoxy) is 2. The number of nitrogens with one attached hydrogen (secondary N) is 1. The molecule has 1 N–H and O–H groups in total. The molecule has 0 fully saturated rings. The number of aryl methyl sites for hydroxylation is 2. The van der Waals surface area contributed by atoms with Crippen molar-refractivity contribution in [3.05, 3.63) is 57.2 Å². The van der Waals surface area contributed by atoms with E-state index in [1.165, 1.54) is 16.6 Å². The maximum atomic E-state index is 13.3. The van der Waals surface area contributed by atoms with Crippen LogP contribution in [-0.2, 0) is 30.7 Å². The van der Waals surface area contributed by atoms with Gasteiger partial charge < -0.3 is 14.8 Å². The first-order chi connectivity index (χ1) is 15.5. The Hall–Kier alpha value is -2.78. The van der Waals surface area contributed by atoms with Gasteiger partial charge in [0.15, 0.2) is 16.7 Å². The maximum absolute atomic E-state index is 13.3. The van der Waals surface area contributed by atoms with Gasteiger partial charge in [0.25, 0.3) is 5.56 Å². The third-order valence-electron chi connectivity index (χ3n) is 5.66. The smallest absolute Gasteiger partial charge is 0.263 e. The number of thioether (sulfide) groups is 1. The third kappa shape index (κ3) is 3.80. The van der Waals surface area contributed by atoms with E-state index in [0.29, 0.717) is 29.7 Å². The average Bonchev–Trinajstić information content (AvgIpc) is 3.50. The van der Waals surface area contributed by atoms with Crippen molar-refractivity contribution in [2.24, 2.45) is 0 Å². The van der Waals surface area contributed by atoms with Crippen LogP contribution in [0.15, 0.2) is 40.8 Å². The number of carbonyl (C=O) groups excluding carboxylic acids is 1. The van der Waals surface area contributed by atoms with Crippen LogP contribution in [0, 0.1) is 0 Å². The second-order valence-electron chi connectivity index (χ2n) is 7.80. The number of aromatic nitrogens is 2. The number of allylic oxidation sites excluding steroid dienone is 1. The molecule has 0 bridgehead atoms. The summed E-state index contributed by atoms with van der Waals surface area (Å²) in [5.41, 5.74) is 2.05. The minimum Gasteiger partial charge on any atom is -0.454 e. The first kappa shape index (κ1) is 21.1. The first-order valence-electron chi connectivity index (χ1n) is 10.5. The lowest BCUT2D eigenvalue weighted by Crippen LogP contribution is -2.31. The molecule has 1 aliphatic heterocycles. The highest BCUT2D eigenvalue weighted by Crippen LogP contribution is 2.36. The molecule has 3 aromatic rings. The Labute approximate surface area is 193 Å². The van der Waals surface area contributed by atoms with E-state index in [4.69, 9.17) is 14.5 Å². The summed E-state index contributed by atoms with van der Waals surface area (Å²) in [5, 5.41) is 3.83. The molecule has 7 nitrogen and oxygen atoms in total. The molecule has 166 valence electrons. The van der Waals surface area contributed by atoms with Crippen molar-refractivity contribution in [1.29, 1.82) is 0 Å². The predicted octanol–water partition coefficient (Wildman–Crippen LogP) is 3.66. The Balaban J connectivity index is 1.34. The lowest BCUT2D eigenvalue weighted by Gasteiger charge is -2.15. The molecule has 9 heteroatoms. The molecular formula is C23H23N3O4S2. The van der Waals surface area contributed by atoms with Gasteiger partial charge in [-0.05, 0) is 49.4 Å². The molecule has 1 unspecified atom stereocenters. The molecule has 32 heavy (non-hydrogen) atoms. The molecule has 0 radical (unpaired) electrons. The summed E-state index contributed by atoms with van der Waals surface area (Å²) in [6.07, 6.45) is 4.73. The topological polar surface area (TPSA) is 82.5 Å². The van der Waals surface area contributed by atoms with Gasteiger partial charge in [0, 0.05) is 18.0 Å². The Morgan fingerprint density at radius 3 is 3.06 bits per heavy atom. The van der Waals surface area contributed by atoms with Crippen molar-refractivity contribution in [3.63, 3.8) is 0 Å². The quantitative estimate of drug-likeness (QED) is 0.323. The van der Waals surface area contributed by atoms with Gasteiger partial charge in [0.2, 0.25) is 12.7 Å². The van der Waals surface area contributed by atoms with Crippen molar-refractivity contribution < 1.29 is 14.3 Å². The highest BCUT2D eigenvalue weighted by atomic mass is 32.2. The molecule has 1 aromatic carbocycles. The molecule has 1 atom stereocenters. The monoisotopic (exact) mass is 469 g/mol. The lowest BCUT2D eigenvalue weighted by atomic mass is 10.2. The summed E-state index contributed by atoms with van der Waals surface area (Å²) in [4.78, 5) is 32.9. The van der Waals surface area contributed by atoms with Crippen LogP contribution in [0.1, 0.15) is 29.3 Å². The van der Waals surface area contributed by atoms with E-state index in [1.807, 2.05) is 25.1 Å². The SMILES string of the molecule is C=CCn1c(SC(C)C(=O)NCc2ccc3c(c2)OCO3)nc2sc3c(c2c1=O)CCC3. The minimum absolute atomic E-state index is 0.0373. The van der Waals surface area contributed by atoms with Gasteiger partial charge in [0.05, 0.1) is 10.6 Å². The van der Waals surface area contributed by atoms with Crippen molar-refractivity contribution in [3.8, 4) is 11.5 Å². The van der Waals surface area contributed by atoms with E-state index < -0.39 is 5.25 Å². The minimum atomic E-state index is -0.420. The average molecular weight is 470 g/mol. The van der Waals surface area contributed by atoms with Crippen molar-refractivity contribution in [1.82, 2.24) is 14.9 Å². The third-order valence-corrected chi connectivity index (χ3v) is 7.93. The van der Waals surface area contributed by atoms with Crippen LogP contribution in [-0.4, -0.2) is 27.5 Å². The largest absolute Gasteiger partial charge is 0.454 e. The first-order valence-corrected chi connectivity index (χ1v) is 12.2. The van der Waals surface area contributed by atoms with Crippen molar-refractivity contribution in [2.75, 3.05) is 6.79 Å². The number of carbonyl (C=O) groups is 1. The molecule has 0 saturated carbocycles. The summed E-state index contributed by atoms with van der Waals surface area (Å²) in [6.45, 7) is 6.57. The van der Waals surface area contributed by atoms with Crippen LogP contribution in [0.2, 0.25) is 0 Å². The van der Waals surface area contributed by atoms with Gasteiger partial charge in [-0.1, -0.05) is 23.9 Å². The predicted molar refractivity (Wildman–Crippen MR) is 126 cm³/mol. The normalized spacial score (nSPS) is 15.0. The number of rotatable bonds is 7. The molecule has 0 spiro atoms. The summed E-state index contributed by atoms with van der Waals surface area (Å²) in [6, 6.07) is 5.61. The summed E-state index contributed by atoms with van der Waals surface area (Å²) < 4.78 is 12.3. The number of fused-ring (bicyclic) bond motifs is 4. The van der Waals surface area contributed by atoms with Crippen LogP contribution < -0.4 is 20.3 Å². The zero-order valence-corrected chi connectivity index (χ0v) is 19.3. The number of benzene rings is 1. The van der Waals surface area contributed by atoms with E-state index in [0.717, 1.165) is 40.6 Å². The number of nitrogens with zero attached hydrogens (tertiary/aromatic N) is 2. The summed E-state index contributed by atoms with van der Waals surface area (Å²) >= 11 is 2.91. The van der Waals surface area contributed by atoms with Gasteiger partial charge in [-0.15, -0.1) is 17.9 Å². The van der Waals surface area contributed by atoms with Crippen LogP contribution in [0.4, 0.5) is 0 Å². The molecule has 2 aliphatic rings. The number of hydrogen-bond donors (Lipinski definition) is 1. The fourth-order valence-electron chi connectivity index (χ4n) is 4.03. The molecular weight excluding hydrogens is 446 g/mol. The van der Waals surface area contributed by atoms with E-state index in [1.54, 1.807) is 22.0 Å². The van der Waals surface area contributed by atoms with Crippen LogP contribution in [0.3, 0.4) is 0 Å². The Morgan fingerprint density at radius 1 is 1.38 bits per heavy atom. The van der Waals surface area contributed by atoms with E-state index >= 15 is 0 Å². The highest BCUT2D eigenvalue weighted by Gasteiger charge is 2.25. The van der Waals surface area contributed by atoms with E-state index in [-0.39, 0.29) is 18.3 Å². The second-order valence-corrected chi connectivity index (χ2v) is 10.2. The Bertz CT molecular complexity index is 1280. The zero-order valence-electron chi connectivity index (χ0n) is 17.7. The van der Waals surface area contributed by atoms with Gasteiger partial charge in [0.1, 0.15) is 4.83 Å². The van der Waals surface area contributed by atoms with E-state index in [9.17, 15) is 9.59 Å². The zero-order chi connectivity index (χ0) is 22.2. The lowest BCUT2D eigenvalue weighted by molar-refractivity contribution is -0.120. The van der Waals surface area contributed by atoms with Gasteiger partial charge in [-0.25, -0.2) is 4.98 Å². The fourth-order valence-corrected chi connectivity index (χ4v) is 6.28. The molecule has 1 amide bonds. The van der Waals surface area contributed by atoms with Crippen molar-refractivity contribution >= 4 is 39.2 Å². The molecule has 1 aliphatic carbocycles. The standard InChI is InChI=1S/C23H23N3O4S2/c1-3-9-26-22(28)19-15-5-4-6-18(15)32-21(19)25-23(26)31-13(2)20(27)24-11-14-7-8-16-17(10-14)30-12-29-16/h3,7-8,10,13H,1,4-6,9,11-12H2,2H3,(H,24,27). The molecule has 0 saturated heterocycles. The number of hydrogen-bond acceptors (Lipinski definition) is 7. The van der Waals surface area contributed by atoms with Gasteiger partial charge >= 0.3 is 0 Å². The molecule has 5 rings (SSSR count). The summed E-state index contributed by atoms with van der Waals surface area (Å²) in [7, 11) is 0. The second kappa shape index (κ2) is 8.63. The van der Waals surface area contributed by atoms with Crippen LogP contribution in [0.5, 0.6) is 11.5 Å². The van der Waals surface area contributed by atoms with Gasteiger partial charge in [-0.2, -0.15) is 0 Å². The summed E-state index contributed by atoms with van der Waals surface area (Å²) in [5.74, 6) is 1.28. The maximum Gasteiger partial charge on any atom is 0.263 e. The molecule has 2 aromatic heterocycles. The van der Waals surface area contributed by atoms with Crippen molar-refractivity contribution in [2.45, 2.75) is 49.7 Å². The van der Waals surface area contributed by atoms with Gasteiger partial charge in [-0.3, -0.25) is 14.2 Å². The Kier molecular flexibility index (Phi) is 5.69. The van der Waals surface area contributed by atoms with Crippen LogP contribution >= 0.6 is 23.1 Å². The van der Waals surface area contributed by atoms with Crippen LogP contribution in [0.25, 0.3) is 10.2 Å². The number of amides is 1.